The highest BCUT2D eigenvalue weighted by molar-refractivity contribution is 9.10. The SMILES string of the molecule is CNC(CSC(C)(C)C)c1ccc(OC)c(Br)c1OC. The minimum atomic E-state index is 0.233. The van der Waals surface area contributed by atoms with Crippen molar-refractivity contribution in [1.82, 2.24) is 5.32 Å². The Morgan fingerprint density at radius 1 is 1.25 bits per heavy atom. The molecule has 5 heteroatoms. The first-order chi connectivity index (χ1) is 9.34. The number of rotatable bonds is 6. The first kappa shape index (κ1) is 17.7. The zero-order valence-electron chi connectivity index (χ0n) is 13.0. The average Bonchev–Trinajstić information content (AvgIpc) is 2.38. The molecule has 0 bridgehead atoms. The molecule has 1 atom stereocenters. The molecule has 0 aliphatic rings. The van der Waals surface area contributed by atoms with Crippen molar-refractivity contribution in [2.45, 2.75) is 31.6 Å². The summed E-state index contributed by atoms with van der Waals surface area (Å²) in [4.78, 5) is 0. The lowest BCUT2D eigenvalue weighted by atomic mass is 10.1. The molecular weight excluding hydrogens is 338 g/mol. The van der Waals surface area contributed by atoms with Gasteiger partial charge in [-0.15, -0.1) is 0 Å². The summed E-state index contributed by atoms with van der Waals surface area (Å²) in [6, 6.07) is 4.26. The summed E-state index contributed by atoms with van der Waals surface area (Å²) in [6.07, 6.45) is 0. The lowest BCUT2D eigenvalue weighted by molar-refractivity contribution is 0.382. The summed E-state index contributed by atoms with van der Waals surface area (Å²) in [5.74, 6) is 2.59. The Labute approximate surface area is 134 Å². The zero-order valence-corrected chi connectivity index (χ0v) is 15.4. The van der Waals surface area contributed by atoms with Crippen LogP contribution in [0.3, 0.4) is 0 Å². The van der Waals surface area contributed by atoms with E-state index in [0.29, 0.717) is 0 Å². The van der Waals surface area contributed by atoms with Crippen LogP contribution in [0.5, 0.6) is 11.5 Å². The lowest BCUT2D eigenvalue weighted by Crippen LogP contribution is -2.22. The molecule has 0 heterocycles. The molecule has 1 aromatic rings. The maximum absolute atomic E-state index is 5.56. The van der Waals surface area contributed by atoms with E-state index < -0.39 is 0 Å². The number of thioether (sulfide) groups is 1. The van der Waals surface area contributed by atoms with E-state index in [2.05, 4.69) is 48.1 Å². The number of nitrogens with one attached hydrogen (secondary N) is 1. The number of benzene rings is 1. The molecule has 1 unspecified atom stereocenters. The zero-order chi connectivity index (χ0) is 15.3. The Kier molecular flexibility index (Phi) is 6.69. The van der Waals surface area contributed by atoms with Gasteiger partial charge in [0, 0.05) is 22.1 Å². The molecule has 3 nitrogen and oxygen atoms in total. The van der Waals surface area contributed by atoms with Gasteiger partial charge < -0.3 is 14.8 Å². The molecule has 0 saturated heterocycles. The molecule has 20 heavy (non-hydrogen) atoms. The van der Waals surface area contributed by atoms with Gasteiger partial charge in [-0.2, -0.15) is 11.8 Å². The smallest absolute Gasteiger partial charge is 0.141 e. The number of halogens is 1. The summed E-state index contributed by atoms with van der Waals surface area (Å²) in [7, 11) is 5.32. The molecule has 0 radical (unpaired) electrons. The van der Waals surface area contributed by atoms with E-state index in [1.54, 1.807) is 14.2 Å². The third kappa shape index (κ3) is 4.57. The molecule has 0 aliphatic carbocycles. The van der Waals surface area contributed by atoms with Crippen LogP contribution in [0.25, 0.3) is 0 Å². The van der Waals surface area contributed by atoms with Crippen LogP contribution >= 0.6 is 27.7 Å². The van der Waals surface area contributed by atoms with Gasteiger partial charge in [0.25, 0.3) is 0 Å². The molecule has 0 aromatic heterocycles. The Morgan fingerprint density at radius 3 is 2.35 bits per heavy atom. The van der Waals surface area contributed by atoms with Crippen molar-refractivity contribution in [3.8, 4) is 11.5 Å². The Hall–Kier alpha value is -0.390. The summed E-state index contributed by atoms with van der Waals surface area (Å²) in [5.41, 5.74) is 1.14. The number of hydrogen-bond donors (Lipinski definition) is 1. The minimum Gasteiger partial charge on any atom is -0.495 e. The fourth-order valence-corrected chi connectivity index (χ4v) is 3.55. The fourth-order valence-electron chi connectivity index (χ4n) is 1.85. The van der Waals surface area contributed by atoms with Gasteiger partial charge in [-0.1, -0.05) is 20.8 Å². The van der Waals surface area contributed by atoms with E-state index in [0.717, 1.165) is 27.3 Å². The van der Waals surface area contributed by atoms with E-state index in [1.807, 2.05) is 24.9 Å². The predicted molar refractivity (Wildman–Crippen MR) is 91.3 cm³/mol. The molecule has 0 amide bonds. The summed E-state index contributed by atoms with van der Waals surface area (Å²) in [5, 5.41) is 3.37. The van der Waals surface area contributed by atoms with E-state index in [-0.39, 0.29) is 10.8 Å². The molecular formula is C15H24BrNO2S. The molecule has 1 rings (SSSR count). The highest BCUT2D eigenvalue weighted by Gasteiger charge is 2.21. The molecule has 0 fully saturated rings. The van der Waals surface area contributed by atoms with Crippen LogP contribution in [0.4, 0.5) is 0 Å². The molecule has 0 aliphatic heterocycles. The van der Waals surface area contributed by atoms with Crippen LogP contribution in [0.1, 0.15) is 32.4 Å². The monoisotopic (exact) mass is 361 g/mol. The normalized spacial score (nSPS) is 13.2. The van der Waals surface area contributed by atoms with Gasteiger partial charge in [-0.25, -0.2) is 0 Å². The van der Waals surface area contributed by atoms with E-state index in [9.17, 15) is 0 Å². The quantitative estimate of drug-likeness (QED) is 0.819. The van der Waals surface area contributed by atoms with Crippen LogP contribution in [0, 0.1) is 0 Å². The van der Waals surface area contributed by atoms with Crippen molar-refractivity contribution in [1.29, 1.82) is 0 Å². The third-order valence-corrected chi connectivity index (χ3v) is 5.04. The molecule has 0 spiro atoms. The van der Waals surface area contributed by atoms with Crippen LogP contribution in [0.2, 0.25) is 0 Å². The van der Waals surface area contributed by atoms with Gasteiger partial charge in [0.15, 0.2) is 0 Å². The first-order valence-corrected chi connectivity index (χ1v) is 8.33. The third-order valence-electron chi connectivity index (χ3n) is 2.92. The molecule has 0 saturated carbocycles. The van der Waals surface area contributed by atoms with Crippen LogP contribution in [-0.4, -0.2) is 31.8 Å². The number of ether oxygens (including phenoxy) is 2. The minimum absolute atomic E-state index is 0.233. The van der Waals surface area contributed by atoms with Crippen LogP contribution < -0.4 is 14.8 Å². The summed E-state index contributed by atoms with van der Waals surface area (Å²) < 4.78 is 12.0. The maximum Gasteiger partial charge on any atom is 0.141 e. The van der Waals surface area contributed by atoms with Crippen molar-refractivity contribution in [2.24, 2.45) is 0 Å². The number of methoxy groups -OCH3 is 2. The Morgan fingerprint density at radius 2 is 1.90 bits per heavy atom. The highest BCUT2D eigenvalue weighted by atomic mass is 79.9. The maximum atomic E-state index is 5.56. The Bertz CT molecular complexity index is 446. The second kappa shape index (κ2) is 7.57. The van der Waals surface area contributed by atoms with Crippen molar-refractivity contribution >= 4 is 27.7 Å². The second-order valence-corrected chi connectivity index (χ2v) is 8.11. The number of hydrogen-bond acceptors (Lipinski definition) is 4. The standard InChI is InChI=1S/C15H24BrNO2S/c1-15(2,3)20-9-11(17-4)10-7-8-12(18-5)13(16)14(10)19-6/h7-8,11,17H,9H2,1-6H3. The van der Waals surface area contributed by atoms with Gasteiger partial charge in [-0.3, -0.25) is 0 Å². The predicted octanol–water partition coefficient (Wildman–Crippen LogP) is 4.26. The van der Waals surface area contributed by atoms with Crippen molar-refractivity contribution in [2.75, 3.05) is 27.0 Å². The van der Waals surface area contributed by atoms with Gasteiger partial charge >= 0.3 is 0 Å². The summed E-state index contributed by atoms with van der Waals surface area (Å²) in [6.45, 7) is 6.68. The van der Waals surface area contributed by atoms with Crippen molar-refractivity contribution in [3.63, 3.8) is 0 Å². The topological polar surface area (TPSA) is 30.5 Å². The van der Waals surface area contributed by atoms with E-state index in [4.69, 9.17) is 9.47 Å². The average molecular weight is 362 g/mol. The van der Waals surface area contributed by atoms with Gasteiger partial charge in [-0.05, 0) is 35.1 Å². The van der Waals surface area contributed by atoms with Gasteiger partial charge in [0.05, 0.1) is 14.2 Å². The lowest BCUT2D eigenvalue weighted by Gasteiger charge is -2.25. The summed E-state index contributed by atoms with van der Waals surface area (Å²) >= 11 is 5.49. The molecule has 1 aromatic carbocycles. The first-order valence-electron chi connectivity index (χ1n) is 6.55. The van der Waals surface area contributed by atoms with Crippen molar-refractivity contribution < 1.29 is 9.47 Å². The highest BCUT2D eigenvalue weighted by Crippen LogP contribution is 2.41. The van der Waals surface area contributed by atoms with E-state index in [1.165, 1.54) is 0 Å². The Balaban J connectivity index is 3.06. The fraction of sp³-hybridized carbons (Fsp3) is 0.600. The van der Waals surface area contributed by atoms with Crippen molar-refractivity contribution in [3.05, 3.63) is 22.2 Å². The second-order valence-electron chi connectivity index (χ2n) is 5.47. The van der Waals surface area contributed by atoms with Gasteiger partial charge in [0.2, 0.25) is 0 Å². The largest absolute Gasteiger partial charge is 0.495 e. The molecule has 1 N–H and O–H groups in total. The van der Waals surface area contributed by atoms with Gasteiger partial charge in [0.1, 0.15) is 16.0 Å². The van der Waals surface area contributed by atoms with Crippen LogP contribution in [0.15, 0.2) is 16.6 Å². The van der Waals surface area contributed by atoms with E-state index >= 15 is 0 Å². The molecule has 114 valence electrons. The van der Waals surface area contributed by atoms with Crippen LogP contribution in [-0.2, 0) is 0 Å².